The van der Waals surface area contributed by atoms with Crippen molar-refractivity contribution in [1.82, 2.24) is 5.32 Å². The Hall–Kier alpha value is -1.02. The van der Waals surface area contributed by atoms with Crippen LogP contribution in [0.5, 0.6) is 5.75 Å². The molecule has 1 aromatic carbocycles. The Morgan fingerprint density at radius 2 is 1.93 bits per heavy atom. The molecule has 15 heavy (non-hydrogen) atoms. The highest BCUT2D eigenvalue weighted by atomic mass is 16.3. The van der Waals surface area contributed by atoms with Crippen LogP contribution < -0.4 is 5.32 Å². The van der Waals surface area contributed by atoms with Crippen molar-refractivity contribution in [2.24, 2.45) is 0 Å². The summed E-state index contributed by atoms with van der Waals surface area (Å²) in [6.45, 7) is 5.49. The number of hydrogen-bond acceptors (Lipinski definition) is 2. The molecule has 0 radical (unpaired) electrons. The summed E-state index contributed by atoms with van der Waals surface area (Å²) in [4.78, 5) is 0. The third-order valence-electron chi connectivity index (χ3n) is 2.50. The topological polar surface area (TPSA) is 32.3 Å². The van der Waals surface area contributed by atoms with E-state index < -0.39 is 0 Å². The molecule has 0 bridgehead atoms. The van der Waals surface area contributed by atoms with Crippen LogP contribution in [0.1, 0.15) is 32.3 Å². The van der Waals surface area contributed by atoms with Crippen LogP contribution in [-0.2, 0) is 6.42 Å². The molecular formula is C13H21NO. The maximum absolute atomic E-state index is 9.15. The van der Waals surface area contributed by atoms with Gasteiger partial charge in [-0.2, -0.15) is 0 Å². The molecule has 1 atom stereocenters. The highest BCUT2D eigenvalue weighted by molar-refractivity contribution is 5.26. The Kier molecular flexibility index (Phi) is 5.19. The summed E-state index contributed by atoms with van der Waals surface area (Å²) in [5, 5.41) is 12.6. The molecule has 0 aliphatic heterocycles. The number of aromatic hydroxyl groups is 1. The molecule has 0 aliphatic rings. The van der Waals surface area contributed by atoms with Gasteiger partial charge in [-0.25, -0.2) is 0 Å². The molecule has 0 amide bonds. The lowest BCUT2D eigenvalue weighted by atomic mass is 10.1. The van der Waals surface area contributed by atoms with Crippen LogP contribution in [0.2, 0.25) is 0 Å². The van der Waals surface area contributed by atoms with Crippen molar-refractivity contribution in [2.45, 2.75) is 39.2 Å². The van der Waals surface area contributed by atoms with Crippen molar-refractivity contribution in [3.05, 3.63) is 29.8 Å². The minimum atomic E-state index is 0.338. The minimum Gasteiger partial charge on any atom is -0.508 e. The largest absolute Gasteiger partial charge is 0.508 e. The molecule has 1 rings (SSSR count). The van der Waals surface area contributed by atoms with Gasteiger partial charge in [-0.15, -0.1) is 0 Å². The molecule has 2 N–H and O–H groups in total. The molecule has 1 aromatic rings. The number of unbranched alkanes of at least 4 members (excludes halogenated alkanes) is 1. The van der Waals surface area contributed by atoms with Crippen molar-refractivity contribution < 1.29 is 5.11 Å². The highest BCUT2D eigenvalue weighted by Crippen LogP contribution is 2.11. The average molecular weight is 207 g/mol. The molecule has 0 unspecified atom stereocenters. The SMILES string of the molecule is CCCCN[C@H](C)Cc1ccc(O)cc1. The Morgan fingerprint density at radius 3 is 2.53 bits per heavy atom. The van der Waals surface area contributed by atoms with Crippen molar-refractivity contribution >= 4 is 0 Å². The third-order valence-corrected chi connectivity index (χ3v) is 2.50. The normalized spacial score (nSPS) is 12.7. The van der Waals surface area contributed by atoms with Gasteiger partial charge in [0, 0.05) is 6.04 Å². The van der Waals surface area contributed by atoms with E-state index in [1.807, 2.05) is 12.1 Å². The summed E-state index contributed by atoms with van der Waals surface area (Å²) in [6, 6.07) is 7.95. The van der Waals surface area contributed by atoms with Gasteiger partial charge in [0.2, 0.25) is 0 Å². The van der Waals surface area contributed by atoms with Gasteiger partial charge in [-0.05, 0) is 44.0 Å². The Balaban J connectivity index is 2.31. The maximum atomic E-state index is 9.15. The molecule has 2 nitrogen and oxygen atoms in total. The molecule has 2 heteroatoms. The second-order valence-electron chi connectivity index (χ2n) is 4.08. The fourth-order valence-corrected chi connectivity index (χ4v) is 1.58. The predicted molar refractivity (Wildman–Crippen MR) is 64.2 cm³/mol. The van der Waals surface area contributed by atoms with E-state index in [-0.39, 0.29) is 0 Å². The van der Waals surface area contributed by atoms with E-state index >= 15 is 0 Å². The van der Waals surface area contributed by atoms with Crippen LogP contribution in [0.4, 0.5) is 0 Å². The van der Waals surface area contributed by atoms with Crippen LogP contribution in [0.25, 0.3) is 0 Å². The number of benzene rings is 1. The molecular weight excluding hydrogens is 186 g/mol. The summed E-state index contributed by atoms with van der Waals surface area (Å²) in [6.07, 6.45) is 3.49. The quantitative estimate of drug-likeness (QED) is 0.703. The van der Waals surface area contributed by atoms with Gasteiger partial charge < -0.3 is 10.4 Å². The molecule has 0 saturated heterocycles. The second-order valence-corrected chi connectivity index (χ2v) is 4.08. The molecule has 0 spiro atoms. The van der Waals surface area contributed by atoms with Gasteiger partial charge in [0.1, 0.15) is 5.75 Å². The van der Waals surface area contributed by atoms with Gasteiger partial charge in [0.25, 0.3) is 0 Å². The molecule has 0 aliphatic carbocycles. The van der Waals surface area contributed by atoms with Crippen LogP contribution in [-0.4, -0.2) is 17.7 Å². The zero-order chi connectivity index (χ0) is 11.1. The molecule has 0 aromatic heterocycles. The Morgan fingerprint density at radius 1 is 1.27 bits per heavy atom. The lowest BCUT2D eigenvalue weighted by Crippen LogP contribution is -2.28. The first kappa shape index (κ1) is 12.1. The molecule has 84 valence electrons. The van der Waals surface area contributed by atoms with Crippen molar-refractivity contribution in [2.75, 3.05) is 6.54 Å². The van der Waals surface area contributed by atoms with Crippen molar-refractivity contribution in [1.29, 1.82) is 0 Å². The standard InChI is InChI=1S/C13H21NO/c1-3-4-9-14-11(2)10-12-5-7-13(15)8-6-12/h5-8,11,14-15H,3-4,9-10H2,1-2H3/t11-/m1/s1. The fraction of sp³-hybridized carbons (Fsp3) is 0.538. The van der Waals surface area contributed by atoms with Crippen LogP contribution >= 0.6 is 0 Å². The summed E-state index contributed by atoms with van der Waals surface area (Å²) in [7, 11) is 0. The zero-order valence-corrected chi connectivity index (χ0v) is 9.66. The van der Waals surface area contributed by atoms with Gasteiger partial charge >= 0.3 is 0 Å². The van der Waals surface area contributed by atoms with Crippen LogP contribution in [0.15, 0.2) is 24.3 Å². The van der Waals surface area contributed by atoms with E-state index in [4.69, 9.17) is 5.11 Å². The van der Waals surface area contributed by atoms with Crippen molar-refractivity contribution in [3.63, 3.8) is 0 Å². The first-order valence-corrected chi connectivity index (χ1v) is 5.73. The monoisotopic (exact) mass is 207 g/mol. The number of phenolic OH excluding ortho intramolecular Hbond substituents is 1. The number of nitrogens with one attached hydrogen (secondary N) is 1. The number of phenols is 1. The highest BCUT2D eigenvalue weighted by Gasteiger charge is 2.02. The van der Waals surface area contributed by atoms with Gasteiger partial charge in [0.05, 0.1) is 0 Å². The Bertz CT molecular complexity index is 268. The first-order valence-electron chi connectivity index (χ1n) is 5.73. The first-order chi connectivity index (χ1) is 7.22. The van der Waals surface area contributed by atoms with Gasteiger partial charge in [-0.3, -0.25) is 0 Å². The van der Waals surface area contributed by atoms with E-state index in [2.05, 4.69) is 19.2 Å². The third kappa shape index (κ3) is 4.84. The second kappa shape index (κ2) is 6.46. The van der Waals surface area contributed by atoms with Gasteiger partial charge in [0.15, 0.2) is 0 Å². The summed E-state index contributed by atoms with van der Waals surface area (Å²) >= 11 is 0. The van der Waals surface area contributed by atoms with Crippen molar-refractivity contribution in [3.8, 4) is 5.75 Å². The van der Waals surface area contributed by atoms with E-state index in [0.717, 1.165) is 13.0 Å². The summed E-state index contributed by atoms with van der Waals surface area (Å²) < 4.78 is 0. The van der Waals surface area contributed by atoms with Gasteiger partial charge in [-0.1, -0.05) is 25.5 Å². The maximum Gasteiger partial charge on any atom is 0.115 e. The molecule has 0 fully saturated rings. The smallest absolute Gasteiger partial charge is 0.115 e. The van der Waals surface area contributed by atoms with E-state index in [0.29, 0.717) is 11.8 Å². The predicted octanol–water partition coefficient (Wildman–Crippen LogP) is 2.71. The van der Waals surface area contributed by atoms with E-state index in [9.17, 15) is 0 Å². The van der Waals surface area contributed by atoms with E-state index in [1.54, 1.807) is 12.1 Å². The average Bonchev–Trinajstić information content (AvgIpc) is 2.22. The number of hydrogen-bond donors (Lipinski definition) is 2. The minimum absolute atomic E-state index is 0.338. The van der Waals surface area contributed by atoms with E-state index in [1.165, 1.54) is 18.4 Å². The molecule has 0 saturated carbocycles. The van der Waals surface area contributed by atoms with Crippen LogP contribution in [0.3, 0.4) is 0 Å². The summed E-state index contributed by atoms with van der Waals surface area (Å²) in [5.74, 6) is 0.338. The zero-order valence-electron chi connectivity index (χ0n) is 9.66. The lowest BCUT2D eigenvalue weighted by Gasteiger charge is -2.13. The molecule has 0 heterocycles. The van der Waals surface area contributed by atoms with Crippen LogP contribution in [0, 0.1) is 0 Å². The summed E-state index contributed by atoms with van der Waals surface area (Å²) in [5.41, 5.74) is 1.27. The fourth-order valence-electron chi connectivity index (χ4n) is 1.58. The number of rotatable bonds is 6. The lowest BCUT2D eigenvalue weighted by molar-refractivity contribution is 0.474. The Labute approximate surface area is 92.3 Å².